The molecule has 160 valence electrons. The molecule has 0 unspecified atom stereocenters. The van der Waals surface area contributed by atoms with Crippen molar-refractivity contribution >= 4 is 17.7 Å². The summed E-state index contributed by atoms with van der Waals surface area (Å²) < 4.78 is 27.5. The zero-order valence-corrected chi connectivity index (χ0v) is 17.1. The van der Waals surface area contributed by atoms with E-state index in [2.05, 4.69) is 20.7 Å². The molecule has 8 heteroatoms. The lowest BCUT2D eigenvalue weighted by molar-refractivity contribution is -0.111. The number of hydrogen-bond acceptors (Lipinski definition) is 4. The highest BCUT2D eigenvalue weighted by Crippen LogP contribution is 2.37. The van der Waals surface area contributed by atoms with Gasteiger partial charge in [0.05, 0.1) is 6.20 Å². The van der Waals surface area contributed by atoms with Crippen LogP contribution in [0.15, 0.2) is 61.2 Å². The van der Waals surface area contributed by atoms with Gasteiger partial charge in [-0.1, -0.05) is 12.1 Å². The number of aromatic nitrogens is 3. The quantitative estimate of drug-likeness (QED) is 0.563. The number of hydrogen-bond donors (Lipinski definition) is 2. The van der Waals surface area contributed by atoms with Crippen LogP contribution in [0.3, 0.4) is 0 Å². The van der Waals surface area contributed by atoms with Gasteiger partial charge in [0.2, 0.25) is 5.91 Å². The average molecular weight is 423 g/mol. The topological polar surface area (TPSA) is 71.8 Å². The van der Waals surface area contributed by atoms with Crippen LogP contribution in [0.5, 0.6) is 0 Å². The molecule has 0 spiro atoms. The van der Waals surface area contributed by atoms with Crippen LogP contribution in [-0.2, 0) is 18.4 Å². The number of carbonyl (C=O) groups is 1. The first-order chi connectivity index (χ1) is 14.9. The Morgan fingerprint density at radius 2 is 2.00 bits per heavy atom. The first-order valence-corrected chi connectivity index (χ1v) is 10.0. The molecule has 1 fully saturated rings. The molecule has 1 aliphatic carbocycles. The summed E-state index contributed by atoms with van der Waals surface area (Å²) in [7, 11) is 1.85. The highest BCUT2D eigenvalue weighted by molar-refractivity contribution is 6.02. The van der Waals surface area contributed by atoms with Crippen molar-refractivity contribution < 1.29 is 13.6 Å². The maximum absolute atomic E-state index is 12.9. The van der Waals surface area contributed by atoms with Crippen molar-refractivity contribution in [3.8, 4) is 11.1 Å². The number of amides is 1. The largest absolute Gasteiger partial charge is 0.323 e. The van der Waals surface area contributed by atoms with E-state index in [-0.39, 0.29) is 24.8 Å². The standard InChI is InChI=1S/C23H23F2N5O/c1-30-15-18(14-28-30)21-8-9-26-13-17(21)4-7-22(31)29-19-5-2-16(3-6-19)12-27-20-10-23(24,25)11-20/h2-9,13-15,20,27H,10-12H2,1H3,(H,29,31). The van der Waals surface area contributed by atoms with Crippen molar-refractivity contribution in [3.63, 3.8) is 0 Å². The number of aryl methyl sites for hydroxylation is 1. The zero-order valence-electron chi connectivity index (χ0n) is 17.1. The number of rotatable bonds is 7. The molecular weight excluding hydrogens is 400 g/mol. The number of nitrogens with one attached hydrogen (secondary N) is 2. The smallest absolute Gasteiger partial charge is 0.251 e. The van der Waals surface area contributed by atoms with Crippen LogP contribution in [0, 0.1) is 0 Å². The molecule has 2 aromatic heterocycles. The van der Waals surface area contributed by atoms with Gasteiger partial charge in [0.1, 0.15) is 0 Å². The van der Waals surface area contributed by atoms with Crippen molar-refractivity contribution in [1.82, 2.24) is 20.1 Å². The third kappa shape index (κ3) is 5.40. The first-order valence-electron chi connectivity index (χ1n) is 10.0. The van der Waals surface area contributed by atoms with Gasteiger partial charge in [0.15, 0.2) is 0 Å². The molecule has 0 bridgehead atoms. The van der Waals surface area contributed by atoms with Crippen molar-refractivity contribution in [2.75, 3.05) is 5.32 Å². The summed E-state index contributed by atoms with van der Waals surface area (Å²) in [5, 5.41) is 10.1. The molecule has 2 N–H and O–H groups in total. The van der Waals surface area contributed by atoms with Gasteiger partial charge in [0.25, 0.3) is 5.92 Å². The van der Waals surface area contributed by atoms with Gasteiger partial charge in [-0.2, -0.15) is 5.10 Å². The highest BCUT2D eigenvalue weighted by Gasteiger charge is 2.44. The third-order valence-electron chi connectivity index (χ3n) is 5.19. The Kier molecular flexibility index (Phi) is 5.90. The second kappa shape index (κ2) is 8.77. The predicted molar refractivity (Wildman–Crippen MR) is 115 cm³/mol. The van der Waals surface area contributed by atoms with E-state index in [1.54, 1.807) is 41.5 Å². The van der Waals surface area contributed by atoms with Crippen molar-refractivity contribution in [1.29, 1.82) is 0 Å². The lowest BCUT2D eigenvalue weighted by Gasteiger charge is -2.35. The minimum absolute atomic E-state index is 0.104. The van der Waals surface area contributed by atoms with Crippen molar-refractivity contribution in [3.05, 3.63) is 72.3 Å². The number of pyridine rings is 1. The number of anilines is 1. The molecule has 31 heavy (non-hydrogen) atoms. The second-order valence-electron chi connectivity index (χ2n) is 7.73. The maximum atomic E-state index is 12.9. The van der Waals surface area contributed by atoms with Crippen molar-refractivity contribution in [2.24, 2.45) is 7.05 Å². The van der Waals surface area contributed by atoms with Crippen LogP contribution >= 0.6 is 0 Å². The Balaban J connectivity index is 1.32. The number of halogens is 2. The molecule has 1 aliphatic rings. The third-order valence-corrected chi connectivity index (χ3v) is 5.19. The fourth-order valence-corrected chi connectivity index (χ4v) is 3.49. The SMILES string of the molecule is Cn1cc(-c2ccncc2C=CC(=O)Nc2ccc(CNC3CC(F)(F)C3)cc2)cn1. The van der Waals surface area contributed by atoms with Crippen LogP contribution in [0.25, 0.3) is 17.2 Å². The van der Waals surface area contributed by atoms with Gasteiger partial charge < -0.3 is 10.6 Å². The van der Waals surface area contributed by atoms with Crippen LogP contribution in [0.2, 0.25) is 0 Å². The number of alkyl halides is 2. The summed E-state index contributed by atoms with van der Waals surface area (Å²) in [6.07, 6.45) is 10.0. The molecular formula is C23H23F2N5O. The molecule has 1 aromatic carbocycles. The lowest BCUT2D eigenvalue weighted by atomic mass is 9.88. The van der Waals surface area contributed by atoms with E-state index in [1.807, 2.05) is 31.4 Å². The summed E-state index contributed by atoms with van der Waals surface area (Å²) in [6.45, 7) is 0.521. The number of carbonyl (C=O) groups excluding carboxylic acids is 1. The van der Waals surface area contributed by atoms with Gasteiger partial charge in [-0.25, -0.2) is 8.78 Å². The summed E-state index contributed by atoms with van der Waals surface area (Å²) >= 11 is 0. The van der Waals surface area contributed by atoms with Crippen LogP contribution in [0.4, 0.5) is 14.5 Å². The summed E-state index contributed by atoms with van der Waals surface area (Å²) in [6, 6.07) is 9.07. The Morgan fingerprint density at radius 1 is 1.23 bits per heavy atom. The van der Waals surface area contributed by atoms with Gasteiger partial charge >= 0.3 is 0 Å². The molecule has 4 rings (SSSR count). The Morgan fingerprint density at radius 3 is 2.68 bits per heavy atom. The minimum Gasteiger partial charge on any atom is -0.323 e. The molecule has 0 saturated heterocycles. The van der Waals surface area contributed by atoms with E-state index in [9.17, 15) is 13.6 Å². The summed E-state index contributed by atoms with van der Waals surface area (Å²) in [5.41, 5.74) is 4.33. The number of nitrogens with zero attached hydrogens (tertiary/aromatic N) is 3. The van der Waals surface area contributed by atoms with Gasteiger partial charge in [-0.15, -0.1) is 0 Å². The second-order valence-corrected chi connectivity index (χ2v) is 7.73. The fraction of sp³-hybridized carbons (Fsp3) is 0.261. The zero-order chi connectivity index (χ0) is 21.8. The number of benzene rings is 1. The van der Waals surface area contributed by atoms with E-state index < -0.39 is 5.92 Å². The summed E-state index contributed by atoms with van der Waals surface area (Å²) in [5.74, 6) is -2.78. The molecule has 0 atom stereocenters. The first kappa shape index (κ1) is 20.9. The Hall–Kier alpha value is -3.39. The fourth-order valence-electron chi connectivity index (χ4n) is 3.49. The normalized spacial score (nSPS) is 15.7. The Labute approximate surface area is 179 Å². The monoisotopic (exact) mass is 423 g/mol. The van der Waals surface area contributed by atoms with Gasteiger partial charge in [-0.3, -0.25) is 14.5 Å². The molecule has 2 heterocycles. The minimum atomic E-state index is -2.52. The lowest BCUT2D eigenvalue weighted by Crippen LogP contribution is -2.48. The molecule has 1 saturated carbocycles. The van der Waals surface area contributed by atoms with E-state index in [0.717, 1.165) is 22.3 Å². The average Bonchev–Trinajstić information content (AvgIpc) is 3.16. The maximum Gasteiger partial charge on any atom is 0.251 e. The summed E-state index contributed by atoms with van der Waals surface area (Å²) in [4.78, 5) is 16.5. The molecule has 6 nitrogen and oxygen atoms in total. The van der Waals surface area contributed by atoms with E-state index >= 15 is 0 Å². The van der Waals surface area contributed by atoms with E-state index in [0.29, 0.717) is 12.2 Å². The van der Waals surface area contributed by atoms with Crippen molar-refractivity contribution in [2.45, 2.75) is 31.4 Å². The van der Waals surface area contributed by atoms with Crippen LogP contribution < -0.4 is 10.6 Å². The highest BCUT2D eigenvalue weighted by atomic mass is 19.3. The van der Waals surface area contributed by atoms with E-state index in [1.165, 1.54) is 6.08 Å². The molecule has 1 amide bonds. The molecule has 3 aromatic rings. The van der Waals surface area contributed by atoms with Gasteiger partial charge in [-0.05, 0) is 35.4 Å². The molecule has 0 aliphatic heterocycles. The Bertz CT molecular complexity index is 1080. The van der Waals surface area contributed by atoms with Crippen LogP contribution in [0.1, 0.15) is 24.0 Å². The van der Waals surface area contributed by atoms with Gasteiger partial charge in [0, 0.05) is 74.0 Å². The van der Waals surface area contributed by atoms with E-state index in [4.69, 9.17) is 0 Å². The van der Waals surface area contributed by atoms with Crippen LogP contribution in [-0.4, -0.2) is 32.6 Å². The molecule has 0 radical (unpaired) electrons. The predicted octanol–water partition coefficient (Wildman–Crippen LogP) is 4.02.